The summed E-state index contributed by atoms with van der Waals surface area (Å²) in [4.78, 5) is 2.38. The molecule has 0 atom stereocenters. The Kier molecular flexibility index (Phi) is 9.60. The summed E-state index contributed by atoms with van der Waals surface area (Å²) in [7, 11) is 1.31. The lowest BCUT2D eigenvalue weighted by Gasteiger charge is -2.13. The Balaban J connectivity index is 0. The Morgan fingerprint density at radius 1 is 1.08 bits per heavy atom. The van der Waals surface area contributed by atoms with Gasteiger partial charge in [-0.05, 0) is 19.6 Å². The van der Waals surface area contributed by atoms with Crippen molar-refractivity contribution in [1.82, 2.24) is 4.90 Å². The molecule has 0 fully saturated rings. The largest absolute Gasteiger partial charge is 0.304 e. The van der Waals surface area contributed by atoms with Gasteiger partial charge in [-0.1, -0.05) is 20.8 Å². The molecule has 0 saturated carbocycles. The Hall–Kier alpha value is 0.200. The second-order valence-corrected chi connectivity index (χ2v) is 5.35. The zero-order valence-corrected chi connectivity index (χ0v) is 9.74. The minimum Gasteiger partial charge on any atom is -0.304 e. The van der Waals surface area contributed by atoms with Crippen LogP contribution in [0.2, 0.25) is 0 Å². The first kappa shape index (κ1) is 14.7. The summed E-state index contributed by atoms with van der Waals surface area (Å²) in [5.74, 6) is 0. The molecule has 0 saturated heterocycles. The molecule has 0 aliphatic heterocycles. The maximum atomic E-state index is 9.40. The van der Waals surface area contributed by atoms with Crippen LogP contribution in [0.15, 0.2) is 0 Å². The van der Waals surface area contributed by atoms with Crippen LogP contribution in [0.4, 0.5) is 0 Å². The zero-order chi connectivity index (χ0) is 10.2. The van der Waals surface area contributed by atoms with Crippen molar-refractivity contribution in [2.75, 3.05) is 25.9 Å². The van der Waals surface area contributed by atoms with E-state index in [0.29, 0.717) is 0 Å². The van der Waals surface area contributed by atoms with Gasteiger partial charge in [-0.3, -0.25) is 0 Å². The topological polar surface area (TPSA) is 37.4 Å². The lowest BCUT2D eigenvalue weighted by molar-refractivity contribution is 0.321. The first-order valence-corrected chi connectivity index (χ1v) is 6.68. The molecule has 12 heavy (non-hydrogen) atoms. The Morgan fingerprint density at radius 2 is 1.25 bits per heavy atom. The van der Waals surface area contributed by atoms with Gasteiger partial charge < -0.3 is 4.90 Å². The molecule has 0 rings (SSSR count). The highest BCUT2D eigenvalue weighted by Crippen LogP contribution is 1.83. The standard InChI is InChI=1S/C6H15N.CH3ClO2S/c1-4-7(5-2)6-3;1-5(2,3)4/h4-6H2,1-3H3;1H3. The molecule has 0 unspecified atom stereocenters. The van der Waals surface area contributed by atoms with E-state index in [-0.39, 0.29) is 0 Å². The quantitative estimate of drug-likeness (QED) is 0.671. The van der Waals surface area contributed by atoms with E-state index in [9.17, 15) is 8.42 Å². The molecule has 0 amide bonds. The van der Waals surface area contributed by atoms with E-state index >= 15 is 0 Å². The molecule has 0 aliphatic carbocycles. The van der Waals surface area contributed by atoms with Crippen LogP contribution in [0.5, 0.6) is 0 Å². The van der Waals surface area contributed by atoms with Gasteiger partial charge in [0.15, 0.2) is 0 Å². The summed E-state index contributed by atoms with van der Waals surface area (Å²) >= 11 is 0. The smallest absolute Gasteiger partial charge is 0.229 e. The zero-order valence-electron chi connectivity index (χ0n) is 8.17. The second kappa shape index (κ2) is 7.83. The van der Waals surface area contributed by atoms with E-state index < -0.39 is 9.05 Å². The SMILES string of the molecule is CCN(CC)CC.CS(=O)(=O)Cl. The molecule has 3 nitrogen and oxygen atoms in total. The predicted molar refractivity (Wildman–Crippen MR) is 54.2 cm³/mol. The van der Waals surface area contributed by atoms with E-state index in [1.807, 2.05) is 0 Å². The molecule has 0 aliphatic rings. The molecule has 0 aromatic heterocycles. The van der Waals surface area contributed by atoms with Crippen LogP contribution in [0.25, 0.3) is 0 Å². The maximum Gasteiger partial charge on any atom is 0.229 e. The maximum absolute atomic E-state index is 9.40. The van der Waals surface area contributed by atoms with Gasteiger partial charge >= 0.3 is 0 Å². The van der Waals surface area contributed by atoms with Crippen LogP contribution in [0.3, 0.4) is 0 Å². The number of hydrogen-bond donors (Lipinski definition) is 0. The minimum absolute atomic E-state index is 0.925. The second-order valence-electron chi connectivity index (χ2n) is 2.30. The third-order valence-electron chi connectivity index (χ3n) is 1.34. The summed E-state index contributed by atoms with van der Waals surface area (Å²) in [6.45, 7) is 10.1. The van der Waals surface area contributed by atoms with E-state index in [1.165, 1.54) is 19.6 Å². The van der Waals surface area contributed by atoms with Crippen molar-refractivity contribution in [1.29, 1.82) is 0 Å². The fourth-order valence-electron chi connectivity index (χ4n) is 0.671. The summed E-state index contributed by atoms with van der Waals surface area (Å²) < 4.78 is 18.8. The van der Waals surface area contributed by atoms with E-state index in [2.05, 4.69) is 36.4 Å². The first-order chi connectivity index (χ1) is 5.35. The molecule has 0 bridgehead atoms. The van der Waals surface area contributed by atoms with Crippen molar-refractivity contribution in [3.63, 3.8) is 0 Å². The highest BCUT2D eigenvalue weighted by Gasteiger charge is 1.89. The van der Waals surface area contributed by atoms with Crippen molar-refractivity contribution in [2.45, 2.75) is 20.8 Å². The molecular weight excluding hydrogens is 198 g/mol. The van der Waals surface area contributed by atoms with Gasteiger partial charge in [-0.25, -0.2) is 8.42 Å². The monoisotopic (exact) mass is 215 g/mol. The minimum atomic E-state index is -3.19. The van der Waals surface area contributed by atoms with Gasteiger partial charge in [-0.15, -0.1) is 0 Å². The van der Waals surface area contributed by atoms with E-state index in [4.69, 9.17) is 0 Å². The molecule has 0 N–H and O–H groups in total. The summed E-state index contributed by atoms with van der Waals surface area (Å²) in [5, 5.41) is 0. The molecular formula is C7H18ClNO2S. The fourth-order valence-corrected chi connectivity index (χ4v) is 0.671. The summed E-state index contributed by atoms with van der Waals surface area (Å²) in [6.07, 6.45) is 0.925. The highest BCUT2D eigenvalue weighted by molar-refractivity contribution is 8.13. The first-order valence-electron chi connectivity index (χ1n) is 3.97. The van der Waals surface area contributed by atoms with E-state index in [0.717, 1.165) is 6.26 Å². The highest BCUT2D eigenvalue weighted by atomic mass is 35.7. The third kappa shape index (κ3) is 22.5. The molecule has 76 valence electrons. The van der Waals surface area contributed by atoms with E-state index in [1.54, 1.807) is 0 Å². The molecule has 0 aromatic carbocycles. The van der Waals surface area contributed by atoms with Crippen LogP contribution in [0, 0.1) is 0 Å². The van der Waals surface area contributed by atoms with Gasteiger partial charge in [0.05, 0.1) is 6.26 Å². The lowest BCUT2D eigenvalue weighted by atomic mass is 10.5. The van der Waals surface area contributed by atoms with Crippen molar-refractivity contribution in [3.05, 3.63) is 0 Å². The molecule has 0 radical (unpaired) electrons. The van der Waals surface area contributed by atoms with Crippen molar-refractivity contribution < 1.29 is 8.42 Å². The summed E-state index contributed by atoms with van der Waals surface area (Å²) in [6, 6.07) is 0. The average Bonchev–Trinajstić information content (AvgIpc) is 1.88. The van der Waals surface area contributed by atoms with Gasteiger partial charge in [0, 0.05) is 10.7 Å². The van der Waals surface area contributed by atoms with Crippen LogP contribution >= 0.6 is 10.7 Å². The van der Waals surface area contributed by atoms with Gasteiger partial charge in [-0.2, -0.15) is 0 Å². The number of nitrogens with zero attached hydrogens (tertiary/aromatic N) is 1. The number of hydrogen-bond acceptors (Lipinski definition) is 3. The lowest BCUT2D eigenvalue weighted by Crippen LogP contribution is -2.21. The fraction of sp³-hybridized carbons (Fsp3) is 1.00. The van der Waals surface area contributed by atoms with Gasteiger partial charge in [0.25, 0.3) is 0 Å². The van der Waals surface area contributed by atoms with Crippen LogP contribution in [-0.2, 0) is 9.05 Å². The van der Waals surface area contributed by atoms with Crippen molar-refractivity contribution in [3.8, 4) is 0 Å². The molecule has 0 aromatic rings. The average molecular weight is 216 g/mol. The molecule has 5 heteroatoms. The Labute approximate surface area is 80.1 Å². The Morgan fingerprint density at radius 3 is 1.25 bits per heavy atom. The molecule has 0 spiro atoms. The summed E-state index contributed by atoms with van der Waals surface area (Å²) in [5.41, 5.74) is 0. The van der Waals surface area contributed by atoms with Crippen molar-refractivity contribution >= 4 is 19.7 Å². The van der Waals surface area contributed by atoms with Gasteiger partial charge in [0.1, 0.15) is 0 Å². The van der Waals surface area contributed by atoms with Crippen molar-refractivity contribution in [2.24, 2.45) is 0 Å². The van der Waals surface area contributed by atoms with Crippen LogP contribution in [-0.4, -0.2) is 39.2 Å². The number of rotatable bonds is 3. The third-order valence-corrected chi connectivity index (χ3v) is 1.34. The predicted octanol–water partition coefficient (Wildman–Crippen LogP) is 1.53. The molecule has 0 heterocycles. The Bertz CT molecular complexity index is 162. The van der Waals surface area contributed by atoms with Gasteiger partial charge in [0.2, 0.25) is 9.05 Å². The van der Waals surface area contributed by atoms with Crippen LogP contribution in [0.1, 0.15) is 20.8 Å². The normalized spacial score (nSPS) is 10.8. The number of halogens is 1. The van der Waals surface area contributed by atoms with Crippen LogP contribution < -0.4 is 0 Å².